The number of carbonyl (C=O) groups is 1. The lowest BCUT2D eigenvalue weighted by atomic mass is 10.0. The molecule has 3 atom stereocenters. The first kappa shape index (κ1) is 57.9. The maximum Gasteiger partial charge on any atom is 0.472 e. The maximum absolute atomic E-state index is 12.9. The molecule has 0 aliphatic rings. The molecule has 0 aliphatic heterocycles. The number of likely N-dealkylation sites (N-methyl/N-ethyl adjacent to an activating group) is 1. The van der Waals surface area contributed by atoms with Crippen molar-refractivity contribution in [2.24, 2.45) is 0 Å². The molecule has 0 aliphatic carbocycles. The number of quaternary nitrogens is 1. The minimum absolute atomic E-state index is 0.0513. The monoisotopic (exact) mass is 862 g/mol. The lowest BCUT2D eigenvalue weighted by Crippen LogP contribution is -2.45. The highest BCUT2D eigenvalue weighted by atomic mass is 31.2. The summed E-state index contributed by atoms with van der Waals surface area (Å²) in [5, 5.41) is 13.9. The van der Waals surface area contributed by atoms with Crippen LogP contribution in [0.1, 0.15) is 194 Å². The number of allylic oxidation sites excluding steroid dienone is 11. The number of nitrogens with one attached hydrogen (secondary N) is 1. The largest absolute Gasteiger partial charge is 0.472 e. The molecule has 3 unspecified atom stereocenters. The predicted octanol–water partition coefficient (Wildman–Crippen LogP) is 14.0. The Morgan fingerprint density at radius 1 is 0.583 bits per heavy atom. The molecule has 0 aromatic heterocycles. The molecule has 3 N–H and O–H groups in total. The maximum atomic E-state index is 12.9. The number of phosphoric ester groups is 1. The number of aliphatic hydroxyl groups excluding tert-OH is 1. The number of hydrogen-bond donors (Lipinski definition) is 3. The standard InChI is InChI=1S/C51H93N2O6P/c1-6-8-10-12-14-16-18-20-22-24-26-28-30-32-34-36-38-40-42-44-50(54)49(48-59-60(56,57)58-47-46-53(3,4)5)52-51(55)45-43-41-39-37-35-33-31-29-27-25-23-21-19-17-15-13-11-9-7-2/h9,11,15,17,21,23,27,29,33,35,42,44,49-50,54H,6-8,10,12-14,16,18-20,22,24-26,28,30-32,34,36-41,43,45-48H2,1-5H3,(H-,52,55,56,57)/p+1/b11-9-,17-15-,23-21-,29-27-,35-33-,44-42+. The highest BCUT2D eigenvalue weighted by molar-refractivity contribution is 7.47. The number of rotatable bonds is 43. The van der Waals surface area contributed by atoms with Gasteiger partial charge in [0.2, 0.25) is 5.91 Å². The number of nitrogens with zero attached hydrogens (tertiary/aromatic N) is 1. The van der Waals surface area contributed by atoms with E-state index < -0.39 is 20.0 Å². The number of hydrogen-bond acceptors (Lipinski definition) is 5. The van der Waals surface area contributed by atoms with Gasteiger partial charge >= 0.3 is 7.82 Å². The van der Waals surface area contributed by atoms with Gasteiger partial charge in [0.15, 0.2) is 0 Å². The van der Waals surface area contributed by atoms with Crippen LogP contribution < -0.4 is 5.32 Å². The molecule has 0 aromatic carbocycles. The normalized spacial score (nSPS) is 14.8. The van der Waals surface area contributed by atoms with Crippen LogP contribution in [0.2, 0.25) is 0 Å². The van der Waals surface area contributed by atoms with Crippen molar-refractivity contribution in [3.63, 3.8) is 0 Å². The van der Waals surface area contributed by atoms with E-state index in [0.717, 1.165) is 77.0 Å². The van der Waals surface area contributed by atoms with Gasteiger partial charge in [-0.2, -0.15) is 0 Å². The highest BCUT2D eigenvalue weighted by Gasteiger charge is 2.27. The zero-order valence-electron chi connectivity index (χ0n) is 39.4. The zero-order valence-corrected chi connectivity index (χ0v) is 40.3. The molecule has 60 heavy (non-hydrogen) atoms. The van der Waals surface area contributed by atoms with E-state index in [1.807, 2.05) is 27.2 Å². The minimum atomic E-state index is -4.35. The molecule has 0 spiro atoms. The van der Waals surface area contributed by atoms with Crippen LogP contribution in [-0.4, -0.2) is 73.4 Å². The van der Waals surface area contributed by atoms with Crippen LogP contribution >= 0.6 is 7.82 Å². The Balaban J connectivity index is 4.45. The van der Waals surface area contributed by atoms with Gasteiger partial charge in [-0.15, -0.1) is 0 Å². The third-order valence-corrected chi connectivity index (χ3v) is 11.4. The van der Waals surface area contributed by atoms with Gasteiger partial charge < -0.3 is 19.8 Å². The smallest absolute Gasteiger partial charge is 0.387 e. The van der Waals surface area contributed by atoms with E-state index >= 15 is 0 Å². The summed E-state index contributed by atoms with van der Waals surface area (Å²) < 4.78 is 23.6. The fraction of sp³-hybridized carbons (Fsp3) is 0.745. The first-order valence-corrected chi connectivity index (χ1v) is 25.8. The first-order chi connectivity index (χ1) is 29.0. The minimum Gasteiger partial charge on any atom is -0.387 e. The summed E-state index contributed by atoms with van der Waals surface area (Å²) in [6, 6.07) is -0.868. The number of amides is 1. The molecule has 0 aromatic rings. The van der Waals surface area contributed by atoms with Crippen LogP contribution in [0.4, 0.5) is 0 Å². The van der Waals surface area contributed by atoms with Crippen molar-refractivity contribution < 1.29 is 32.9 Å². The second-order valence-corrected chi connectivity index (χ2v) is 18.9. The third kappa shape index (κ3) is 44.0. The van der Waals surface area contributed by atoms with Crippen molar-refractivity contribution in [1.82, 2.24) is 5.32 Å². The van der Waals surface area contributed by atoms with Crippen LogP contribution in [0.5, 0.6) is 0 Å². The van der Waals surface area contributed by atoms with Gasteiger partial charge in [-0.3, -0.25) is 13.8 Å². The predicted molar refractivity (Wildman–Crippen MR) is 258 cm³/mol. The van der Waals surface area contributed by atoms with Gasteiger partial charge in [-0.1, -0.05) is 196 Å². The summed E-state index contributed by atoms with van der Waals surface area (Å²) in [4.78, 5) is 23.2. The van der Waals surface area contributed by atoms with Gasteiger partial charge in [0.1, 0.15) is 13.2 Å². The highest BCUT2D eigenvalue weighted by Crippen LogP contribution is 2.43. The number of aliphatic hydroxyl groups is 1. The molecule has 0 rings (SSSR count). The van der Waals surface area contributed by atoms with Crippen molar-refractivity contribution >= 4 is 13.7 Å². The first-order valence-electron chi connectivity index (χ1n) is 24.3. The Hall–Kier alpha value is -2.06. The fourth-order valence-electron chi connectivity index (χ4n) is 6.60. The summed E-state index contributed by atoms with van der Waals surface area (Å²) >= 11 is 0. The van der Waals surface area contributed by atoms with Crippen molar-refractivity contribution in [3.05, 3.63) is 72.9 Å². The van der Waals surface area contributed by atoms with Gasteiger partial charge in [-0.05, 0) is 64.2 Å². The molecular formula is C51H94N2O6P+. The molecule has 8 nitrogen and oxygen atoms in total. The van der Waals surface area contributed by atoms with E-state index in [-0.39, 0.29) is 19.1 Å². The van der Waals surface area contributed by atoms with E-state index in [1.54, 1.807) is 6.08 Å². The fourth-order valence-corrected chi connectivity index (χ4v) is 7.33. The summed E-state index contributed by atoms with van der Waals surface area (Å²) in [7, 11) is 1.54. The molecule has 1 amide bonds. The van der Waals surface area contributed by atoms with Crippen LogP contribution in [0.15, 0.2) is 72.9 Å². The van der Waals surface area contributed by atoms with Crippen LogP contribution in [-0.2, 0) is 18.4 Å². The molecule has 9 heteroatoms. The summed E-state index contributed by atoms with van der Waals surface area (Å²) in [6.07, 6.45) is 56.9. The van der Waals surface area contributed by atoms with Crippen LogP contribution in [0.3, 0.4) is 0 Å². The van der Waals surface area contributed by atoms with E-state index in [4.69, 9.17) is 9.05 Å². The van der Waals surface area contributed by atoms with Crippen LogP contribution in [0, 0.1) is 0 Å². The Bertz CT molecular complexity index is 1200. The molecular weight excluding hydrogens is 768 g/mol. The van der Waals surface area contributed by atoms with E-state index in [9.17, 15) is 19.4 Å². The van der Waals surface area contributed by atoms with Crippen LogP contribution in [0.25, 0.3) is 0 Å². The van der Waals surface area contributed by atoms with Gasteiger partial charge in [0.05, 0.1) is 39.9 Å². The van der Waals surface area contributed by atoms with Crippen molar-refractivity contribution in [2.45, 2.75) is 206 Å². The summed E-state index contributed by atoms with van der Waals surface area (Å²) in [5.41, 5.74) is 0. The Morgan fingerprint density at radius 2 is 1.00 bits per heavy atom. The van der Waals surface area contributed by atoms with Crippen molar-refractivity contribution in [3.8, 4) is 0 Å². The number of unbranched alkanes of at least 4 members (excludes halogenated alkanes) is 20. The van der Waals surface area contributed by atoms with Gasteiger partial charge in [-0.25, -0.2) is 4.57 Å². The summed E-state index contributed by atoms with van der Waals surface area (Å²) in [6.45, 7) is 4.67. The second kappa shape index (κ2) is 42.3. The Kier molecular flexibility index (Phi) is 40.8. The number of carbonyl (C=O) groups excluding carboxylic acids is 1. The molecule has 0 saturated heterocycles. The molecule has 0 fully saturated rings. The quantitative estimate of drug-likeness (QED) is 0.0244. The molecule has 0 saturated carbocycles. The average molecular weight is 862 g/mol. The SMILES string of the molecule is CC/C=C\C/C=C\C/C=C\C/C=C\C/C=C\CCCCCC(=O)NC(COP(=O)(O)OCC[N+](C)(C)C)C(O)/C=C/CCCCCCCCCCCCCCCCCCC. The molecule has 0 radical (unpaired) electrons. The third-order valence-electron chi connectivity index (χ3n) is 10.4. The topological polar surface area (TPSA) is 105 Å². The van der Waals surface area contributed by atoms with E-state index in [2.05, 4.69) is 79.9 Å². The summed E-state index contributed by atoms with van der Waals surface area (Å²) in [5.74, 6) is -0.210. The Morgan fingerprint density at radius 3 is 1.47 bits per heavy atom. The van der Waals surface area contributed by atoms with Crippen molar-refractivity contribution in [2.75, 3.05) is 40.9 Å². The molecule has 0 heterocycles. The van der Waals surface area contributed by atoms with E-state index in [1.165, 1.54) is 96.3 Å². The zero-order chi connectivity index (χ0) is 44.3. The lowest BCUT2D eigenvalue weighted by molar-refractivity contribution is -0.870. The lowest BCUT2D eigenvalue weighted by Gasteiger charge is -2.25. The van der Waals surface area contributed by atoms with E-state index in [0.29, 0.717) is 17.4 Å². The van der Waals surface area contributed by atoms with Gasteiger partial charge in [0, 0.05) is 6.42 Å². The Labute approximate surface area is 370 Å². The molecule has 348 valence electrons. The van der Waals surface area contributed by atoms with Gasteiger partial charge in [0.25, 0.3) is 0 Å². The number of phosphoric acid groups is 1. The average Bonchev–Trinajstić information content (AvgIpc) is 3.20. The molecule has 0 bridgehead atoms. The van der Waals surface area contributed by atoms with Crippen molar-refractivity contribution in [1.29, 1.82) is 0 Å². The second-order valence-electron chi connectivity index (χ2n) is 17.5.